The molecule has 0 aliphatic heterocycles. The first-order valence-electron chi connectivity index (χ1n) is 12.1. The van der Waals surface area contributed by atoms with Gasteiger partial charge in [0.2, 0.25) is 0 Å². The van der Waals surface area contributed by atoms with Crippen LogP contribution in [0.25, 0.3) is 12.2 Å². The van der Waals surface area contributed by atoms with Crippen molar-refractivity contribution in [1.29, 1.82) is 0 Å². The molecule has 39 heavy (non-hydrogen) atoms. The Morgan fingerprint density at radius 3 is 1.82 bits per heavy atom. The summed E-state index contributed by atoms with van der Waals surface area (Å²) in [6.07, 6.45) is 3.62. The Labute approximate surface area is 240 Å². The predicted octanol–water partition coefficient (Wildman–Crippen LogP) is 7.08. The van der Waals surface area contributed by atoms with Gasteiger partial charge < -0.3 is 35.0 Å². The summed E-state index contributed by atoms with van der Waals surface area (Å²) in [4.78, 5) is 0. The van der Waals surface area contributed by atoms with Crippen LogP contribution in [0.3, 0.4) is 0 Å². The Balaban J connectivity index is 1.89. The molecule has 0 fully saturated rings. The van der Waals surface area contributed by atoms with Gasteiger partial charge in [0.15, 0.2) is 23.0 Å². The fourth-order valence-corrected chi connectivity index (χ4v) is 5.47. The Morgan fingerprint density at radius 2 is 1.23 bits per heavy atom. The molecule has 0 bridgehead atoms. The van der Waals surface area contributed by atoms with E-state index in [1.54, 1.807) is 66.7 Å². The van der Waals surface area contributed by atoms with Gasteiger partial charge in [-0.05, 0) is 64.7 Å². The van der Waals surface area contributed by atoms with Gasteiger partial charge in [0, 0.05) is 11.5 Å². The van der Waals surface area contributed by atoms with Crippen LogP contribution in [0, 0.1) is 0 Å². The molecule has 202 valence electrons. The van der Waals surface area contributed by atoms with Crippen LogP contribution >= 0.6 is 22.6 Å². The van der Waals surface area contributed by atoms with Crippen molar-refractivity contribution in [1.82, 2.24) is 0 Å². The number of benzene rings is 4. The molecule has 8 heteroatoms. The zero-order valence-corrected chi connectivity index (χ0v) is 23.7. The summed E-state index contributed by atoms with van der Waals surface area (Å²) in [6, 6.07) is 18.2. The van der Waals surface area contributed by atoms with Crippen LogP contribution < -0.4 is 9.47 Å². The van der Waals surface area contributed by atoms with E-state index in [4.69, 9.17) is 9.47 Å². The number of rotatable bonds is 8. The first-order valence-corrected chi connectivity index (χ1v) is 13.3. The van der Waals surface area contributed by atoms with E-state index in [1.807, 2.05) is 13.0 Å². The fraction of sp³-hybridized carbons (Fsp3) is 0.161. The molecule has 0 aliphatic carbocycles. The SMILES string of the molecule is COc1cc(C(C)c2c(/C=C/c3ccc(O)cc3)cc(O)c(C(I)c3ccc(O)c(OC)c3)c2O)ccc1O. The molecule has 5 N–H and O–H groups in total. The average molecular weight is 640 g/mol. The molecule has 4 rings (SSSR count). The topological polar surface area (TPSA) is 120 Å². The normalized spacial score (nSPS) is 12.8. The highest BCUT2D eigenvalue weighted by molar-refractivity contribution is 14.1. The monoisotopic (exact) mass is 640 g/mol. The smallest absolute Gasteiger partial charge is 0.160 e. The summed E-state index contributed by atoms with van der Waals surface area (Å²) in [6.45, 7) is 1.92. The molecule has 0 amide bonds. The number of alkyl halides is 1. The molecule has 0 spiro atoms. The van der Waals surface area contributed by atoms with Crippen LogP contribution in [-0.4, -0.2) is 39.8 Å². The minimum atomic E-state index is -0.479. The van der Waals surface area contributed by atoms with Gasteiger partial charge in [-0.2, -0.15) is 0 Å². The molecule has 0 aromatic heterocycles. The molecule has 7 nitrogen and oxygen atoms in total. The van der Waals surface area contributed by atoms with E-state index in [0.29, 0.717) is 28.0 Å². The zero-order valence-electron chi connectivity index (χ0n) is 21.6. The number of halogens is 1. The first kappa shape index (κ1) is 28.0. The van der Waals surface area contributed by atoms with Crippen molar-refractivity contribution in [3.8, 4) is 40.2 Å². The number of hydrogen-bond donors (Lipinski definition) is 5. The minimum Gasteiger partial charge on any atom is -0.508 e. The third-order valence-corrected chi connectivity index (χ3v) is 7.97. The van der Waals surface area contributed by atoms with Crippen LogP contribution in [0.15, 0.2) is 66.7 Å². The lowest BCUT2D eigenvalue weighted by Crippen LogP contribution is -2.04. The molecule has 0 heterocycles. The minimum absolute atomic E-state index is 0.00474. The highest BCUT2D eigenvalue weighted by Gasteiger charge is 2.27. The summed E-state index contributed by atoms with van der Waals surface area (Å²) in [5, 5.41) is 52.6. The number of hydrogen-bond acceptors (Lipinski definition) is 7. The largest absolute Gasteiger partial charge is 0.508 e. The second-order valence-corrected chi connectivity index (χ2v) is 10.3. The van der Waals surface area contributed by atoms with Gasteiger partial charge in [-0.25, -0.2) is 0 Å². The van der Waals surface area contributed by atoms with Crippen LogP contribution in [-0.2, 0) is 0 Å². The molecule has 4 aromatic rings. The van der Waals surface area contributed by atoms with Gasteiger partial charge in [0.05, 0.1) is 23.7 Å². The maximum atomic E-state index is 11.7. The van der Waals surface area contributed by atoms with Crippen molar-refractivity contribution in [2.45, 2.75) is 16.8 Å². The summed E-state index contributed by atoms with van der Waals surface area (Å²) in [7, 11) is 2.93. The Morgan fingerprint density at radius 1 is 0.667 bits per heavy atom. The van der Waals surface area contributed by atoms with Crippen LogP contribution in [0.2, 0.25) is 0 Å². The summed E-state index contributed by atoms with van der Waals surface area (Å²) >= 11 is 2.13. The molecular weight excluding hydrogens is 611 g/mol. The van der Waals surface area contributed by atoms with E-state index in [9.17, 15) is 25.5 Å². The van der Waals surface area contributed by atoms with Gasteiger partial charge in [-0.15, -0.1) is 0 Å². The van der Waals surface area contributed by atoms with Crippen LogP contribution in [0.1, 0.15) is 50.1 Å². The summed E-state index contributed by atoms with van der Waals surface area (Å²) < 4.78 is 10.1. The van der Waals surface area contributed by atoms with Crippen LogP contribution in [0.4, 0.5) is 0 Å². The number of phenolic OH excluding ortho intramolecular Hbond substituents is 5. The first-order chi connectivity index (χ1) is 18.6. The van der Waals surface area contributed by atoms with Gasteiger partial charge in [0.1, 0.15) is 17.2 Å². The van der Waals surface area contributed by atoms with E-state index in [2.05, 4.69) is 22.6 Å². The maximum absolute atomic E-state index is 11.7. The number of aromatic hydroxyl groups is 5. The maximum Gasteiger partial charge on any atom is 0.160 e. The van der Waals surface area contributed by atoms with E-state index in [-0.39, 0.29) is 40.4 Å². The molecule has 0 aliphatic rings. The zero-order chi connectivity index (χ0) is 28.3. The average Bonchev–Trinajstić information content (AvgIpc) is 2.92. The van der Waals surface area contributed by atoms with Crippen molar-refractivity contribution >= 4 is 34.7 Å². The molecule has 0 saturated carbocycles. The van der Waals surface area contributed by atoms with E-state index < -0.39 is 3.92 Å². The standard InChI is InChI=1S/C31H29IO7/c1-17(19-8-12-23(34)26(15-19)38-2)28-20(7-4-18-5-10-22(33)11-6-18)14-25(36)29(31(28)37)30(32)21-9-13-24(35)27(16-21)39-3/h4-17,30,33-37H,1-3H3/b7-4+. The fourth-order valence-electron chi connectivity index (χ4n) is 4.47. The van der Waals surface area contributed by atoms with Crippen molar-refractivity contribution in [2.24, 2.45) is 0 Å². The van der Waals surface area contributed by atoms with E-state index >= 15 is 0 Å². The quantitative estimate of drug-likeness (QED) is 0.0794. The van der Waals surface area contributed by atoms with Gasteiger partial charge in [0.25, 0.3) is 0 Å². The van der Waals surface area contributed by atoms with Crippen molar-refractivity contribution < 1.29 is 35.0 Å². The lowest BCUT2D eigenvalue weighted by Gasteiger charge is -2.23. The molecule has 4 aromatic carbocycles. The van der Waals surface area contributed by atoms with Gasteiger partial charge in [-0.1, -0.05) is 65.9 Å². The third-order valence-electron chi connectivity index (χ3n) is 6.62. The summed E-state index contributed by atoms with van der Waals surface area (Å²) in [5.41, 5.74) is 3.80. The van der Waals surface area contributed by atoms with E-state index in [0.717, 1.165) is 11.1 Å². The molecule has 2 unspecified atom stereocenters. The number of methoxy groups -OCH3 is 2. The Bertz CT molecular complexity index is 1510. The number of ether oxygens (including phenoxy) is 2. The van der Waals surface area contributed by atoms with E-state index in [1.165, 1.54) is 20.3 Å². The van der Waals surface area contributed by atoms with Crippen molar-refractivity contribution in [3.63, 3.8) is 0 Å². The lowest BCUT2D eigenvalue weighted by atomic mass is 9.85. The molecule has 0 saturated heterocycles. The molecular formula is C31H29IO7. The highest BCUT2D eigenvalue weighted by atomic mass is 127. The lowest BCUT2D eigenvalue weighted by molar-refractivity contribution is 0.372. The summed E-state index contributed by atoms with van der Waals surface area (Å²) in [5.74, 6) is 0.203. The van der Waals surface area contributed by atoms with Crippen molar-refractivity contribution in [2.75, 3.05) is 14.2 Å². The van der Waals surface area contributed by atoms with Crippen molar-refractivity contribution in [3.05, 3.63) is 100 Å². The predicted molar refractivity (Wildman–Crippen MR) is 160 cm³/mol. The second kappa shape index (κ2) is 11.8. The van der Waals surface area contributed by atoms with Gasteiger partial charge >= 0.3 is 0 Å². The van der Waals surface area contributed by atoms with Crippen LogP contribution in [0.5, 0.6) is 40.2 Å². The molecule has 2 atom stereocenters. The number of phenols is 5. The Hall–Kier alpha value is -4.05. The second-order valence-electron chi connectivity index (χ2n) is 9.03. The molecule has 0 radical (unpaired) electrons. The van der Waals surface area contributed by atoms with Gasteiger partial charge in [-0.3, -0.25) is 0 Å². The highest BCUT2D eigenvalue weighted by Crippen LogP contribution is 2.49. The third kappa shape index (κ3) is 5.85. The Kier molecular flexibility index (Phi) is 8.44.